The van der Waals surface area contributed by atoms with Gasteiger partial charge in [0.15, 0.2) is 5.16 Å². The van der Waals surface area contributed by atoms with E-state index in [2.05, 4.69) is 38.8 Å². The summed E-state index contributed by atoms with van der Waals surface area (Å²) >= 11 is 1.25. The van der Waals surface area contributed by atoms with Crippen LogP contribution in [0, 0.1) is 10.1 Å². The molecular weight excluding hydrogens is 396 g/mol. The third-order valence-electron chi connectivity index (χ3n) is 2.87. The molecule has 0 spiro atoms. The van der Waals surface area contributed by atoms with Crippen molar-refractivity contribution < 1.29 is 14.5 Å². The van der Waals surface area contributed by atoms with Crippen molar-refractivity contribution in [1.29, 1.82) is 0 Å². The number of anilines is 1. The lowest BCUT2D eigenvalue weighted by atomic mass is 10.3. The Balaban J connectivity index is 0. The van der Waals surface area contributed by atoms with Crippen LogP contribution in [0.2, 0.25) is 0 Å². The molecule has 0 aliphatic rings. The van der Waals surface area contributed by atoms with E-state index in [0.29, 0.717) is 5.16 Å². The van der Waals surface area contributed by atoms with Crippen LogP contribution in [0.15, 0.2) is 40.3 Å². The molecule has 0 fully saturated rings. The predicted octanol–water partition coefficient (Wildman–Crippen LogP) is 3.21. The highest BCUT2D eigenvalue weighted by molar-refractivity contribution is 7.98. The fraction of sp³-hybridized carbons (Fsp3) is 0.444. The van der Waals surface area contributed by atoms with E-state index in [-0.39, 0.29) is 24.7 Å². The molecule has 1 heterocycles. The molecule has 0 atom stereocenters. The summed E-state index contributed by atoms with van der Waals surface area (Å²) in [7, 11) is 1.50. The van der Waals surface area contributed by atoms with Gasteiger partial charge < -0.3 is 15.8 Å². The zero-order valence-electron chi connectivity index (χ0n) is 17.5. The Morgan fingerprint density at radius 1 is 1.52 bits per heavy atom. The van der Waals surface area contributed by atoms with E-state index in [1.54, 1.807) is 13.2 Å². The number of nitro groups is 1. The minimum absolute atomic E-state index is 0.00685. The number of thioether (sulfide) groups is 1. The highest BCUT2D eigenvalue weighted by Gasteiger charge is 2.17. The molecule has 0 bridgehead atoms. The number of esters is 1. The molecule has 1 aromatic rings. The summed E-state index contributed by atoms with van der Waals surface area (Å²) in [6.07, 6.45) is 9.94. The number of hydrogen-bond donors (Lipinski definition) is 2. The zero-order chi connectivity index (χ0) is 22.7. The highest BCUT2D eigenvalue weighted by atomic mass is 32.2. The van der Waals surface area contributed by atoms with Crippen LogP contribution in [0.3, 0.4) is 0 Å². The second kappa shape index (κ2) is 18.6. The Morgan fingerprint density at radius 3 is 2.66 bits per heavy atom. The van der Waals surface area contributed by atoms with Gasteiger partial charge in [-0.15, -0.1) is 0 Å². The van der Waals surface area contributed by atoms with Crippen molar-refractivity contribution in [2.75, 3.05) is 31.8 Å². The summed E-state index contributed by atoms with van der Waals surface area (Å²) in [6.45, 7) is 9.09. The second-order valence-corrected chi connectivity index (χ2v) is 5.59. The van der Waals surface area contributed by atoms with Crippen LogP contribution in [0.1, 0.15) is 27.2 Å². The van der Waals surface area contributed by atoms with E-state index in [0.717, 1.165) is 18.3 Å². The first-order valence-corrected chi connectivity index (χ1v) is 9.89. The molecule has 0 unspecified atom stereocenters. The monoisotopic (exact) mass is 426 g/mol. The van der Waals surface area contributed by atoms with Crippen LogP contribution in [0.25, 0.3) is 0 Å². The first-order valence-electron chi connectivity index (χ1n) is 8.66. The van der Waals surface area contributed by atoms with Gasteiger partial charge in [-0.3, -0.25) is 19.9 Å². The van der Waals surface area contributed by atoms with Gasteiger partial charge in [-0.1, -0.05) is 30.0 Å². The number of rotatable bonds is 9. The average molecular weight is 427 g/mol. The van der Waals surface area contributed by atoms with E-state index in [1.165, 1.54) is 18.8 Å². The summed E-state index contributed by atoms with van der Waals surface area (Å²) in [5.74, 6) is -0.497. The number of hydrogen-bond acceptors (Lipinski definition) is 10. The van der Waals surface area contributed by atoms with E-state index >= 15 is 0 Å². The van der Waals surface area contributed by atoms with Gasteiger partial charge in [0.2, 0.25) is 5.82 Å². The van der Waals surface area contributed by atoms with Gasteiger partial charge in [-0.25, -0.2) is 4.98 Å². The van der Waals surface area contributed by atoms with Crippen LogP contribution < -0.4 is 11.1 Å². The molecule has 10 nitrogen and oxygen atoms in total. The highest BCUT2D eigenvalue weighted by Crippen LogP contribution is 2.22. The summed E-state index contributed by atoms with van der Waals surface area (Å²) in [5, 5.41) is 13.7. The Hall–Kier alpha value is -2.79. The van der Waals surface area contributed by atoms with Crippen molar-refractivity contribution in [2.24, 2.45) is 10.7 Å². The lowest BCUT2D eigenvalue weighted by Gasteiger charge is -2.06. The van der Waals surface area contributed by atoms with Crippen LogP contribution in [-0.4, -0.2) is 54.0 Å². The lowest BCUT2D eigenvalue weighted by Crippen LogP contribution is -2.18. The number of nitrogens with two attached hydrogens (primary N) is 1. The maximum Gasteiger partial charge on any atom is 0.329 e. The molecule has 0 amide bonds. The largest absolute Gasteiger partial charge is 0.465 e. The second-order valence-electron chi connectivity index (χ2n) is 4.81. The minimum Gasteiger partial charge on any atom is -0.465 e. The number of carbonyl (C=O) groups is 1. The predicted molar refractivity (Wildman–Crippen MR) is 118 cm³/mol. The van der Waals surface area contributed by atoms with Gasteiger partial charge >= 0.3 is 11.7 Å². The van der Waals surface area contributed by atoms with Crippen molar-refractivity contribution in [2.45, 2.75) is 32.3 Å². The first-order chi connectivity index (χ1) is 13.9. The van der Waals surface area contributed by atoms with Gasteiger partial charge in [0.05, 0.1) is 11.5 Å². The Morgan fingerprint density at radius 2 is 2.17 bits per heavy atom. The van der Waals surface area contributed by atoms with Crippen molar-refractivity contribution in [1.82, 2.24) is 9.97 Å². The number of aliphatic imine (C=N–C) groups is 1. The van der Waals surface area contributed by atoms with E-state index in [9.17, 15) is 14.9 Å². The molecule has 0 saturated carbocycles. The lowest BCUT2D eigenvalue weighted by molar-refractivity contribution is -0.384. The summed E-state index contributed by atoms with van der Waals surface area (Å²) in [5.41, 5.74) is 5.21. The van der Waals surface area contributed by atoms with Gasteiger partial charge in [0.1, 0.15) is 12.7 Å². The standard InChI is InChI=1S/C9H12N4O4S.C8H13N.CH5N/c1-3-17-7(14)5-10-8-6(13(15)16)4-11-9(12-8)18-2;1-4-5-6-7-8(2)9-3;1-2/h4H,3,5H2,1-2H3,(H,10,11,12);4-5,7H,3,6H2,1-2H3;2H2,1H3/b;5-4+,8-7?;. The number of nitrogens with zero attached hydrogens (tertiary/aromatic N) is 4. The quantitative estimate of drug-likeness (QED) is 0.116. The minimum atomic E-state index is -0.613. The normalized spacial score (nSPS) is 10.2. The van der Waals surface area contributed by atoms with Gasteiger partial charge in [0.25, 0.3) is 0 Å². The molecule has 3 N–H and O–H groups in total. The SMILES string of the molecule is C=NC(C)=CC/C=C/C.CCOC(=O)CNc1nc(SC)ncc1[N+](=O)[O-].CN. The van der Waals surface area contributed by atoms with Crippen LogP contribution in [-0.2, 0) is 9.53 Å². The van der Waals surface area contributed by atoms with E-state index in [1.807, 2.05) is 26.0 Å². The van der Waals surface area contributed by atoms with Crippen LogP contribution in [0.5, 0.6) is 0 Å². The molecule has 29 heavy (non-hydrogen) atoms. The molecule has 1 aromatic heterocycles. The summed E-state index contributed by atoms with van der Waals surface area (Å²) in [6, 6.07) is 0. The molecule has 0 aromatic carbocycles. The zero-order valence-corrected chi connectivity index (χ0v) is 18.4. The third-order valence-corrected chi connectivity index (χ3v) is 3.43. The number of allylic oxidation sites excluding steroid dienone is 4. The maximum absolute atomic E-state index is 11.1. The third kappa shape index (κ3) is 13.9. The number of ether oxygens (including phenoxy) is 1. The number of aromatic nitrogens is 2. The molecule has 0 aliphatic carbocycles. The first kappa shape index (κ1) is 28.4. The van der Waals surface area contributed by atoms with Gasteiger partial charge in [-0.2, -0.15) is 4.98 Å². The van der Waals surface area contributed by atoms with Gasteiger partial charge in [0, 0.05) is 5.70 Å². The Kier molecular flexibility index (Phi) is 18.2. The molecule has 162 valence electrons. The average Bonchev–Trinajstić information content (AvgIpc) is 2.74. The Bertz CT molecular complexity index is 695. The van der Waals surface area contributed by atoms with Crippen molar-refractivity contribution in [3.8, 4) is 0 Å². The smallest absolute Gasteiger partial charge is 0.329 e. The molecule has 11 heteroatoms. The molecule has 0 saturated heterocycles. The Labute approximate surface area is 175 Å². The number of carbonyl (C=O) groups excluding carboxylic acids is 1. The molecule has 1 rings (SSSR count). The molecule has 0 radical (unpaired) electrons. The van der Waals surface area contributed by atoms with E-state index in [4.69, 9.17) is 4.74 Å². The fourth-order valence-electron chi connectivity index (χ4n) is 1.53. The maximum atomic E-state index is 11.1. The molecular formula is C18H30N6O4S. The summed E-state index contributed by atoms with van der Waals surface area (Å²) < 4.78 is 4.70. The number of nitrogens with one attached hydrogen (secondary N) is 1. The van der Waals surface area contributed by atoms with Crippen molar-refractivity contribution >= 4 is 36.0 Å². The molecule has 0 aliphatic heterocycles. The van der Waals surface area contributed by atoms with Crippen LogP contribution in [0.4, 0.5) is 11.5 Å². The fourth-order valence-corrected chi connectivity index (χ4v) is 1.87. The van der Waals surface area contributed by atoms with Gasteiger partial charge in [-0.05, 0) is 47.2 Å². The van der Waals surface area contributed by atoms with Crippen molar-refractivity contribution in [3.63, 3.8) is 0 Å². The topological polar surface area (TPSA) is 146 Å². The van der Waals surface area contributed by atoms with E-state index < -0.39 is 10.9 Å². The van der Waals surface area contributed by atoms with Crippen LogP contribution >= 0.6 is 11.8 Å². The summed E-state index contributed by atoms with van der Waals surface area (Å²) in [4.78, 5) is 32.8. The van der Waals surface area contributed by atoms with Crippen molar-refractivity contribution in [3.05, 3.63) is 40.2 Å².